The molecule has 0 atom stereocenters. The maximum Gasteiger partial charge on any atom is 0.353 e. The average molecular weight is 245 g/mol. The van der Waals surface area contributed by atoms with E-state index >= 15 is 0 Å². The maximum atomic E-state index is 13.2. The number of hydrogen-bond acceptors (Lipinski definition) is 2. The van der Waals surface area contributed by atoms with Gasteiger partial charge in [0.25, 0.3) is 0 Å². The van der Waals surface area contributed by atoms with Crippen molar-refractivity contribution in [2.24, 2.45) is 0 Å². The van der Waals surface area contributed by atoms with Crippen LogP contribution in [0.2, 0.25) is 0 Å². The minimum absolute atomic E-state index is 0.00393. The molecular formula is C12H8FN3O2. The Hall–Kier alpha value is -2.63. The SMILES string of the molecule is O=C(O)c1cc(-c2c[nH]c3ccc(F)cc23)n[nH]1. The van der Waals surface area contributed by atoms with Crippen LogP contribution in [0.15, 0.2) is 30.5 Å². The van der Waals surface area contributed by atoms with Gasteiger partial charge in [-0.15, -0.1) is 0 Å². The summed E-state index contributed by atoms with van der Waals surface area (Å²) in [4.78, 5) is 13.7. The van der Waals surface area contributed by atoms with Crippen LogP contribution in [0.3, 0.4) is 0 Å². The number of nitrogens with one attached hydrogen (secondary N) is 2. The third-order valence-corrected chi connectivity index (χ3v) is 2.73. The second-order valence-corrected chi connectivity index (χ2v) is 3.86. The van der Waals surface area contributed by atoms with Gasteiger partial charge in [0.1, 0.15) is 11.5 Å². The topological polar surface area (TPSA) is 81.8 Å². The third kappa shape index (κ3) is 1.55. The number of halogens is 1. The summed E-state index contributed by atoms with van der Waals surface area (Å²) in [6.45, 7) is 0. The zero-order valence-electron chi connectivity index (χ0n) is 9.07. The Balaban J connectivity index is 2.18. The van der Waals surface area contributed by atoms with Gasteiger partial charge in [-0.05, 0) is 24.3 Å². The monoisotopic (exact) mass is 245 g/mol. The predicted molar refractivity (Wildman–Crippen MR) is 62.8 cm³/mol. The normalized spacial score (nSPS) is 10.9. The number of aromatic nitrogens is 3. The zero-order valence-corrected chi connectivity index (χ0v) is 9.07. The molecular weight excluding hydrogens is 237 g/mol. The molecule has 2 heterocycles. The number of carboxylic acid groups (broad SMARTS) is 1. The van der Waals surface area contributed by atoms with Crippen molar-refractivity contribution >= 4 is 16.9 Å². The molecule has 0 unspecified atom stereocenters. The van der Waals surface area contributed by atoms with E-state index in [9.17, 15) is 9.18 Å². The van der Waals surface area contributed by atoms with E-state index in [-0.39, 0.29) is 11.5 Å². The number of aromatic amines is 2. The average Bonchev–Trinajstić information content (AvgIpc) is 2.93. The van der Waals surface area contributed by atoms with Crippen LogP contribution in [0, 0.1) is 5.82 Å². The number of aromatic carboxylic acids is 1. The molecule has 18 heavy (non-hydrogen) atoms. The Morgan fingerprint density at radius 3 is 2.89 bits per heavy atom. The third-order valence-electron chi connectivity index (χ3n) is 2.73. The number of benzene rings is 1. The van der Waals surface area contributed by atoms with Crippen molar-refractivity contribution in [1.82, 2.24) is 15.2 Å². The Bertz CT molecular complexity index is 745. The lowest BCUT2D eigenvalue weighted by molar-refractivity contribution is 0.0690. The van der Waals surface area contributed by atoms with Crippen molar-refractivity contribution in [3.8, 4) is 11.3 Å². The van der Waals surface area contributed by atoms with Crippen LogP contribution in [0.4, 0.5) is 4.39 Å². The number of carboxylic acids is 1. The minimum atomic E-state index is -1.08. The van der Waals surface area contributed by atoms with Crippen LogP contribution >= 0.6 is 0 Å². The molecule has 3 aromatic rings. The molecule has 0 aliphatic heterocycles. The molecule has 0 spiro atoms. The van der Waals surface area contributed by atoms with Crippen LogP contribution in [-0.4, -0.2) is 26.3 Å². The van der Waals surface area contributed by atoms with Gasteiger partial charge in [0.2, 0.25) is 0 Å². The van der Waals surface area contributed by atoms with Gasteiger partial charge in [0, 0.05) is 22.7 Å². The fourth-order valence-electron chi connectivity index (χ4n) is 1.87. The number of hydrogen-bond donors (Lipinski definition) is 3. The van der Waals surface area contributed by atoms with Gasteiger partial charge >= 0.3 is 5.97 Å². The Labute approximate surface area is 100 Å². The molecule has 0 aliphatic carbocycles. The van der Waals surface area contributed by atoms with E-state index in [0.717, 1.165) is 5.52 Å². The number of carbonyl (C=O) groups is 1. The Kier molecular flexibility index (Phi) is 2.16. The quantitative estimate of drug-likeness (QED) is 0.648. The van der Waals surface area contributed by atoms with E-state index in [4.69, 9.17) is 5.11 Å². The highest BCUT2D eigenvalue weighted by Crippen LogP contribution is 2.28. The molecule has 2 aromatic heterocycles. The minimum Gasteiger partial charge on any atom is -0.477 e. The van der Waals surface area contributed by atoms with Crippen LogP contribution in [0.25, 0.3) is 22.2 Å². The van der Waals surface area contributed by atoms with Gasteiger partial charge in [-0.25, -0.2) is 9.18 Å². The van der Waals surface area contributed by atoms with Crippen LogP contribution < -0.4 is 0 Å². The van der Waals surface area contributed by atoms with Crippen molar-refractivity contribution in [2.45, 2.75) is 0 Å². The standard InChI is InChI=1S/C12H8FN3O2/c13-6-1-2-9-7(3-6)8(5-14-9)10-4-11(12(17)18)16-15-10/h1-5,14H,(H,15,16)(H,17,18). The summed E-state index contributed by atoms with van der Waals surface area (Å²) in [5, 5.41) is 15.8. The molecule has 0 saturated heterocycles. The summed E-state index contributed by atoms with van der Waals surface area (Å²) in [5.74, 6) is -1.43. The van der Waals surface area contributed by atoms with Crippen molar-refractivity contribution in [3.63, 3.8) is 0 Å². The first-order valence-corrected chi connectivity index (χ1v) is 5.21. The largest absolute Gasteiger partial charge is 0.477 e. The number of H-pyrrole nitrogens is 2. The van der Waals surface area contributed by atoms with Crippen LogP contribution in [-0.2, 0) is 0 Å². The molecule has 0 aliphatic rings. The maximum absolute atomic E-state index is 13.2. The van der Waals surface area contributed by atoms with Gasteiger partial charge < -0.3 is 10.1 Å². The summed E-state index contributed by atoms with van der Waals surface area (Å²) < 4.78 is 13.2. The van der Waals surface area contributed by atoms with Gasteiger partial charge in [-0.2, -0.15) is 5.10 Å². The molecule has 90 valence electrons. The molecule has 6 heteroatoms. The molecule has 0 bridgehead atoms. The molecule has 0 radical (unpaired) electrons. The number of rotatable bonds is 2. The lowest BCUT2D eigenvalue weighted by Gasteiger charge is -1.94. The molecule has 0 saturated carbocycles. The van der Waals surface area contributed by atoms with E-state index in [1.54, 1.807) is 12.3 Å². The molecule has 5 nitrogen and oxygen atoms in total. The van der Waals surface area contributed by atoms with Gasteiger partial charge in [0.05, 0.1) is 5.69 Å². The van der Waals surface area contributed by atoms with Gasteiger partial charge in [0.15, 0.2) is 0 Å². The van der Waals surface area contributed by atoms with E-state index in [0.29, 0.717) is 16.6 Å². The highest BCUT2D eigenvalue weighted by Gasteiger charge is 2.13. The van der Waals surface area contributed by atoms with Gasteiger partial charge in [-0.1, -0.05) is 0 Å². The molecule has 3 N–H and O–H groups in total. The van der Waals surface area contributed by atoms with Crippen molar-refractivity contribution in [2.75, 3.05) is 0 Å². The van der Waals surface area contributed by atoms with E-state index in [2.05, 4.69) is 15.2 Å². The van der Waals surface area contributed by atoms with Crippen LogP contribution in [0.1, 0.15) is 10.5 Å². The van der Waals surface area contributed by atoms with Gasteiger partial charge in [-0.3, -0.25) is 5.10 Å². The molecule has 0 fully saturated rings. The first kappa shape index (κ1) is 10.5. The first-order valence-electron chi connectivity index (χ1n) is 5.21. The summed E-state index contributed by atoms with van der Waals surface area (Å²) in [6.07, 6.45) is 1.67. The van der Waals surface area contributed by atoms with Crippen LogP contribution in [0.5, 0.6) is 0 Å². The summed E-state index contributed by atoms with van der Waals surface area (Å²) in [6, 6.07) is 5.78. The van der Waals surface area contributed by atoms with E-state index in [1.165, 1.54) is 18.2 Å². The number of nitrogens with zero attached hydrogens (tertiary/aromatic N) is 1. The van der Waals surface area contributed by atoms with Crippen molar-refractivity contribution in [3.05, 3.63) is 42.0 Å². The molecule has 0 amide bonds. The number of fused-ring (bicyclic) bond motifs is 1. The molecule has 3 rings (SSSR count). The summed E-state index contributed by atoms with van der Waals surface area (Å²) in [7, 11) is 0. The lowest BCUT2D eigenvalue weighted by Crippen LogP contribution is -1.95. The Morgan fingerprint density at radius 1 is 1.33 bits per heavy atom. The lowest BCUT2D eigenvalue weighted by atomic mass is 10.1. The predicted octanol–water partition coefficient (Wildman–Crippen LogP) is 2.40. The Morgan fingerprint density at radius 2 is 2.17 bits per heavy atom. The second kappa shape index (κ2) is 3.69. The summed E-state index contributed by atoms with van der Waals surface area (Å²) >= 11 is 0. The zero-order chi connectivity index (χ0) is 12.7. The summed E-state index contributed by atoms with van der Waals surface area (Å²) in [5.41, 5.74) is 1.89. The van der Waals surface area contributed by atoms with Crippen molar-refractivity contribution in [1.29, 1.82) is 0 Å². The van der Waals surface area contributed by atoms with E-state index < -0.39 is 5.97 Å². The fraction of sp³-hybridized carbons (Fsp3) is 0. The van der Waals surface area contributed by atoms with E-state index in [1.807, 2.05) is 0 Å². The van der Waals surface area contributed by atoms with Crippen molar-refractivity contribution < 1.29 is 14.3 Å². The molecule has 1 aromatic carbocycles. The second-order valence-electron chi connectivity index (χ2n) is 3.86. The smallest absolute Gasteiger partial charge is 0.353 e. The first-order chi connectivity index (χ1) is 8.65. The highest BCUT2D eigenvalue weighted by atomic mass is 19.1. The fourth-order valence-corrected chi connectivity index (χ4v) is 1.87. The highest BCUT2D eigenvalue weighted by molar-refractivity contribution is 5.96.